The van der Waals surface area contributed by atoms with Crippen LogP contribution in [-0.4, -0.2) is 21.0 Å². The molecule has 0 saturated heterocycles. The summed E-state index contributed by atoms with van der Waals surface area (Å²) in [5.41, 5.74) is 6.02. The van der Waals surface area contributed by atoms with Gasteiger partial charge in [0.1, 0.15) is 23.1 Å². The Kier molecular flexibility index (Phi) is 3.74. The molecule has 1 aromatic carbocycles. The maximum Gasteiger partial charge on any atom is 0.322 e. The summed E-state index contributed by atoms with van der Waals surface area (Å²) in [5, 5.41) is 11.4. The van der Waals surface area contributed by atoms with Crippen LogP contribution in [-0.2, 0) is 0 Å². The van der Waals surface area contributed by atoms with Crippen LogP contribution in [0.1, 0.15) is 11.4 Å². The maximum absolute atomic E-state index is 13.0. The van der Waals surface area contributed by atoms with E-state index >= 15 is 0 Å². The van der Waals surface area contributed by atoms with Gasteiger partial charge in [-0.2, -0.15) is 4.98 Å². The third kappa shape index (κ3) is 3.16. The van der Waals surface area contributed by atoms with Crippen molar-refractivity contribution in [1.29, 1.82) is 0 Å². The van der Waals surface area contributed by atoms with E-state index in [4.69, 9.17) is 15.7 Å². The zero-order chi connectivity index (χ0) is 14.7. The first-order valence-electron chi connectivity index (χ1n) is 5.45. The van der Waals surface area contributed by atoms with Crippen LogP contribution < -0.4 is 10.5 Å². The number of ether oxygens (including phenoxy) is 1. The fraction of sp³-hybridized carbons (Fsp3) is 0.0833. The van der Waals surface area contributed by atoms with Crippen molar-refractivity contribution in [3.63, 3.8) is 0 Å². The highest BCUT2D eigenvalue weighted by Gasteiger charge is 2.09. The molecule has 0 aliphatic heterocycles. The predicted octanol–water partition coefficient (Wildman–Crippen LogP) is 1.95. The van der Waals surface area contributed by atoms with Gasteiger partial charge in [0.15, 0.2) is 5.84 Å². The Morgan fingerprint density at radius 1 is 1.20 bits per heavy atom. The van der Waals surface area contributed by atoms with Crippen molar-refractivity contribution in [2.45, 2.75) is 6.92 Å². The second-order valence-electron chi connectivity index (χ2n) is 3.87. The van der Waals surface area contributed by atoms with E-state index in [9.17, 15) is 8.78 Å². The van der Waals surface area contributed by atoms with Gasteiger partial charge in [0, 0.05) is 23.9 Å². The minimum Gasteiger partial charge on any atom is -0.424 e. The molecule has 0 radical (unpaired) electrons. The van der Waals surface area contributed by atoms with Crippen molar-refractivity contribution in [2.75, 3.05) is 0 Å². The van der Waals surface area contributed by atoms with Crippen molar-refractivity contribution in [2.24, 2.45) is 10.9 Å². The van der Waals surface area contributed by atoms with E-state index in [2.05, 4.69) is 15.1 Å². The molecule has 1 aromatic heterocycles. The van der Waals surface area contributed by atoms with Crippen molar-refractivity contribution in [3.05, 3.63) is 47.3 Å². The predicted molar refractivity (Wildman–Crippen MR) is 65.7 cm³/mol. The third-order valence-electron chi connectivity index (χ3n) is 2.25. The Labute approximate surface area is 112 Å². The number of nitrogens with zero attached hydrogens (tertiary/aromatic N) is 3. The van der Waals surface area contributed by atoms with Crippen LogP contribution >= 0.6 is 0 Å². The summed E-state index contributed by atoms with van der Waals surface area (Å²) in [6, 6.07) is 3.98. The van der Waals surface area contributed by atoms with Crippen LogP contribution in [0.4, 0.5) is 8.78 Å². The molecule has 0 aliphatic carbocycles. The second kappa shape index (κ2) is 5.47. The smallest absolute Gasteiger partial charge is 0.322 e. The Bertz CT molecular complexity index is 656. The number of amidine groups is 1. The molecule has 0 saturated carbocycles. The highest BCUT2D eigenvalue weighted by molar-refractivity contribution is 5.95. The van der Waals surface area contributed by atoms with E-state index in [0.717, 1.165) is 12.1 Å². The van der Waals surface area contributed by atoms with Gasteiger partial charge in [-0.05, 0) is 13.0 Å². The normalized spacial score (nSPS) is 11.4. The summed E-state index contributed by atoms with van der Waals surface area (Å²) in [6.45, 7) is 1.63. The minimum atomic E-state index is -0.788. The van der Waals surface area contributed by atoms with Gasteiger partial charge in [-0.25, -0.2) is 13.8 Å². The molecule has 1 heterocycles. The largest absolute Gasteiger partial charge is 0.424 e. The summed E-state index contributed by atoms with van der Waals surface area (Å²) in [5.74, 6) is -1.90. The van der Waals surface area contributed by atoms with Gasteiger partial charge in [-0.15, -0.1) is 0 Å². The lowest BCUT2D eigenvalue weighted by molar-refractivity contribution is 0.318. The molecule has 2 aromatic rings. The van der Waals surface area contributed by atoms with Gasteiger partial charge in [0.05, 0.1) is 0 Å². The number of rotatable bonds is 3. The first-order chi connectivity index (χ1) is 9.47. The van der Waals surface area contributed by atoms with Crippen LogP contribution in [0.15, 0.2) is 29.4 Å². The molecule has 2 rings (SSSR count). The monoisotopic (exact) mass is 280 g/mol. The summed E-state index contributed by atoms with van der Waals surface area (Å²) in [6.07, 6.45) is 0. The van der Waals surface area contributed by atoms with Gasteiger partial charge in [-0.3, -0.25) is 0 Å². The molecular formula is C12H10F2N4O2. The Morgan fingerprint density at radius 3 is 2.45 bits per heavy atom. The minimum absolute atomic E-state index is 0.0986. The molecule has 20 heavy (non-hydrogen) atoms. The average molecular weight is 280 g/mol. The van der Waals surface area contributed by atoms with Crippen molar-refractivity contribution in [1.82, 2.24) is 9.97 Å². The maximum atomic E-state index is 13.0. The number of nitrogens with two attached hydrogens (primary N) is 1. The first kappa shape index (κ1) is 13.7. The van der Waals surface area contributed by atoms with Gasteiger partial charge in [0.25, 0.3) is 0 Å². The Balaban J connectivity index is 2.36. The van der Waals surface area contributed by atoms with Crippen LogP contribution in [0.2, 0.25) is 0 Å². The molecule has 0 fully saturated rings. The van der Waals surface area contributed by atoms with E-state index in [-0.39, 0.29) is 23.3 Å². The lowest BCUT2D eigenvalue weighted by Crippen LogP contribution is -2.16. The van der Waals surface area contributed by atoms with Crippen molar-refractivity contribution < 1.29 is 18.7 Å². The number of oxime groups is 1. The zero-order valence-corrected chi connectivity index (χ0v) is 10.3. The fourth-order valence-corrected chi connectivity index (χ4v) is 1.46. The van der Waals surface area contributed by atoms with Crippen LogP contribution in [0.5, 0.6) is 11.8 Å². The van der Waals surface area contributed by atoms with Crippen LogP contribution in [0, 0.1) is 18.6 Å². The molecular weight excluding hydrogens is 270 g/mol. The van der Waals surface area contributed by atoms with E-state index in [1.807, 2.05) is 0 Å². The molecule has 8 heteroatoms. The molecule has 3 N–H and O–H groups in total. The summed E-state index contributed by atoms with van der Waals surface area (Å²) < 4.78 is 31.2. The van der Waals surface area contributed by atoms with E-state index in [1.165, 1.54) is 6.07 Å². The summed E-state index contributed by atoms with van der Waals surface area (Å²) >= 11 is 0. The highest BCUT2D eigenvalue weighted by Crippen LogP contribution is 2.21. The summed E-state index contributed by atoms with van der Waals surface area (Å²) in [4.78, 5) is 7.80. The van der Waals surface area contributed by atoms with E-state index < -0.39 is 11.6 Å². The fourth-order valence-electron chi connectivity index (χ4n) is 1.46. The third-order valence-corrected chi connectivity index (χ3v) is 2.25. The standard InChI is InChI=1S/C12H10F2N4O2/c1-6-2-10(11(15)18-19)17-12(16-6)20-9-4-7(13)3-8(14)5-9/h2-5,19H,1H3,(H2,15,18). The Morgan fingerprint density at radius 2 is 1.85 bits per heavy atom. The number of benzene rings is 1. The zero-order valence-electron chi connectivity index (χ0n) is 10.3. The van der Waals surface area contributed by atoms with Gasteiger partial charge < -0.3 is 15.7 Å². The topological polar surface area (TPSA) is 93.6 Å². The molecule has 0 aliphatic rings. The molecule has 0 atom stereocenters. The van der Waals surface area contributed by atoms with Gasteiger partial charge in [0.2, 0.25) is 0 Å². The molecule has 104 valence electrons. The Hall–Kier alpha value is -2.77. The number of hydrogen-bond acceptors (Lipinski definition) is 5. The van der Waals surface area contributed by atoms with Gasteiger partial charge >= 0.3 is 6.01 Å². The van der Waals surface area contributed by atoms with Crippen molar-refractivity contribution >= 4 is 5.84 Å². The molecule has 0 amide bonds. The quantitative estimate of drug-likeness (QED) is 0.388. The van der Waals surface area contributed by atoms with E-state index in [1.54, 1.807) is 6.92 Å². The summed E-state index contributed by atoms with van der Waals surface area (Å²) in [7, 11) is 0. The number of aryl methyl sites for hydroxylation is 1. The van der Waals surface area contributed by atoms with E-state index in [0.29, 0.717) is 11.8 Å². The molecule has 0 unspecified atom stereocenters. The SMILES string of the molecule is Cc1cc(/C(N)=N/O)nc(Oc2cc(F)cc(F)c2)n1. The van der Waals surface area contributed by atoms with Crippen LogP contribution in [0.25, 0.3) is 0 Å². The lowest BCUT2D eigenvalue weighted by atomic mass is 10.3. The second-order valence-corrected chi connectivity index (χ2v) is 3.87. The number of aromatic nitrogens is 2. The average Bonchev–Trinajstić information content (AvgIpc) is 2.35. The molecule has 0 bridgehead atoms. The number of hydrogen-bond donors (Lipinski definition) is 2. The molecule has 0 spiro atoms. The first-order valence-corrected chi connectivity index (χ1v) is 5.45. The van der Waals surface area contributed by atoms with Crippen LogP contribution in [0.3, 0.4) is 0 Å². The molecule has 6 nitrogen and oxygen atoms in total. The number of halogens is 2. The van der Waals surface area contributed by atoms with Gasteiger partial charge in [-0.1, -0.05) is 5.16 Å². The van der Waals surface area contributed by atoms with Crippen molar-refractivity contribution in [3.8, 4) is 11.8 Å². The highest BCUT2D eigenvalue weighted by atomic mass is 19.1. The lowest BCUT2D eigenvalue weighted by Gasteiger charge is -2.06.